The van der Waals surface area contributed by atoms with Gasteiger partial charge in [0.1, 0.15) is 0 Å². The van der Waals surface area contributed by atoms with Crippen LogP contribution >= 0.6 is 23.4 Å². The summed E-state index contributed by atoms with van der Waals surface area (Å²) < 4.78 is 38.5. The van der Waals surface area contributed by atoms with Crippen molar-refractivity contribution in [1.29, 1.82) is 0 Å². The highest BCUT2D eigenvalue weighted by atomic mass is 35.5. The summed E-state index contributed by atoms with van der Waals surface area (Å²) in [4.78, 5) is 25.5. The first-order valence-corrected chi connectivity index (χ1v) is 8.16. The minimum atomic E-state index is -4.56. The fourth-order valence-corrected chi connectivity index (χ4v) is 3.19. The summed E-state index contributed by atoms with van der Waals surface area (Å²) in [5.41, 5.74) is -0.387. The monoisotopic (exact) mass is 383 g/mol. The Labute approximate surface area is 150 Å². The lowest BCUT2D eigenvalue weighted by molar-refractivity contribution is -0.137. The first-order valence-electron chi connectivity index (χ1n) is 6.96. The fourth-order valence-electron chi connectivity index (χ4n) is 2.22. The highest BCUT2D eigenvalue weighted by molar-refractivity contribution is 8.19. The van der Waals surface area contributed by atoms with E-state index in [4.69, 9.17) is 11.6 Å². The van der Waals surface area contributed by atoms with Crippen molar-refractivity contribution >= 4 is 46.3 Å². The molecule has 0 unspecified atom stereocenters. The van der Waals surface area contributed by atoms with Crippen LogP contribution < -0.4 is 4.90 Å². The molecule has 0 bridgehead atoms. The van der Waals surface area contributed by atoms with Gasteiger partial charge in [-0.15, -0.1) is 0 Å². The molecule has 1 aliphatic rings. The molecular weight excluding hydrogens is 375 g/mol. The maximum Gasteiger partial charge on any atom is 0.416 e. The van der Waals surface area contributed by atoms with Crippen LogP contribution in [0.25, 0.3) is 6.08 Å². The number of anilines is 1. The van der Waals surface area contributed by atoms with Crippen molar-refractivity contribution in [2.24, 2.45) is 0 Å². The lowest BCUT2D eigenvalue weighted by Gasteiger charge is -2.14. The number of nitrogens with zero attached hydrogens (tertiary/aromatic N) is 1. The summed E-state index contributed by atoms with van der Waals surface area (Å²) in [7, 11) is 0. The van der Waals surface area contributed by atoms with Crippen molar-refractivity contribution < 1.29 is 22.8 Å². The van der Waals surface area contributed by atoms with Crippen LogP contribution in [0.1, 0.15) is 11.1 Å². The number of hydrogen-bond donors (Lipinski definition) is 0. The molecule has 2 aromatic carbocycles. The molecule has 0 atom stereocenters. The first-order chi connectivity index (χ1) is 11.8. The van der Waals surface area contributed by atoms with E-state index in [9.17, 15) is 22.8 Å². The number of benzene rings is 2. The summed E-state index contributed by atoms with van der Waals surface area (Å²) in [6.45, 7) is 0. The van der Waals surface area contributed by atoms with E-state index in [1.165, 1.54) is 12.1 Å². The second-order valence-corrected chi connectivity index (χ2v) is 6.55. The first kappa shape index (κ1) is 17.6. The van der Waals surface area contributed by atoms with Crippen LogP contribution in [0.3, 0.4) is 0 Å². The molecule has 25 heavy (non-hydrogen) atoms. The summed E-state index contributed by atoms with van der Waals surface area (Å²) in [6, 6.07) is 10.7. The molecule has 3 rings (SSSR count). The Bertz CT molecular complexity index is 878. The van der Waals surface area contributed by atoms with Gasteiger partial charge in [-0.2, -0.15) is 13.2 Å². The van der Waals surface area contributed by atoms with Crippen LogP contribution in [-0.2, 0) is 11.0 Å². The number of rotatable bonds is 2. The van der Waals surface area contributed by atoms with Crippen LogP contribution in [0.2, 0.25) is 5.02 Å². The van der Waals surface area contributed by atoms with E-state index in [-0.39, 0.29) is 10.6 Å². The molecule has 0 N–H and O–H groups in total. The van der Waals surface area contributed by atoms with E-state index in [2.05, 4.69) is 0 Å². The summed E-state index contributed by atoms with van der Waals surface area (Å²) in [5.74, 6) is -0.663. The zero-order valence-electron chi connectivity index (χ0n) is 12.4. The van der Waals surface area contributed by atoms with Crippen molar-refractivity contribution in [3.05, 3.63) is 69.6 Å². The molecule has 1 saturated heterocycles. The molecule has 3 nitrogen and oxygen atoms in total. The molecule has 8 heteroatoms. The zero-order chi connectivity index (χ0) is 18.2. The second kappa shape index (κ2) is 6.57. The highest BCUT2D eigenvalue weighted by Gasteiger charge is 2.38. The standard InChI is InChI=1S/C17H9ClF3NO2S/c18-12-6-4-10(5-7-12)8-14-15(23)22(16(24)25-14)13-3-1-2-11(9-13)17(19,20)21/h1-9H/b14-8-. The Morgan fingerprint density at radius 1 is 1.04 bits per heavy atom. The van der Waals surface area contributed by atoms with Gasteiger partial charge < -0.3 is 0 Å². The molecule has 1 aliphatic heterocycles. The zero-order valence-corrected chi connectivity index (χ0v) is 14.0. The third-order valence-corrected chi connectivity index (χ3v) is 4.51. The van der Waals surface area contributed by atoms with Crippen LogP contribution in [0.15, 0.2) is 53.4 Å². The van der Waals surface area contributed by atoms with Crippen molar-refractivity contribution in [3.8, 4) is 0 Å². The number of imide groups is 1. The van der Waals surface area contributed by atoms with Gasteiger partial charge in [0.15, 0.2) is 0 Å². The maximum atomic E-state index is 12.8. The van der Waals surface area contributed by atoms with Gasteiger partial charge in [-0.1, -0.05) is 29.8 Å². The second-order valence-electron chi connectivity index (χ2n) is 5.12. The number of thioether (sulfide) groups is 1. The molecule has 2 amide bonds. The Morgan fingerprint density at radius 2 is 1.72 bits per heavy atom. The third-order valence-electron chi connectivity index (χ3n) is 3.39. The summed E-state index contributed by atoms with van der Waals surface area (Å²) in [5, 5.41) is -0.126. The Kier molecular flexibility index (Phi) is 4.62. The predicted molar refractivity (Wildman–Crippen MR) is 91.3 cm³/mol. The molecule has 0 aliphatic carbocycles. The molecule has 0 aromatic heterocycles. The smallest absolute Gasteiger partial charge is 0.268 e. The minimum Gasteiger partial charge on any atom is -0.268 e. The van der Waals surface area contributed by atoms with Gasteiger partial charge in [-0.05, 0) is 53.7 Å². The molecule has 1 fully saturated rings. The van der Waals surface area contributed by atoms with Gasteiger partial charge >= 0.3 is 6.18 Å². The molecule has 2 aromatic rings. The van der Waals surface area contributed by atoms with Gasteiger partial charge in [0.05, 0.1) is 16.2 Å². The quantitative estimate of drug-likeness (QED) is 0.633. The Morgan fingerprint density at radius 3 is 2.36 bits per heavy atom. The van der Waals surface area contributed by atoms with Crippen LogP contribution in [0, 0.1) is 0 Å². The molecule has 0 saturated carbocycles. The largest absolute Gasteiger partial charge is 0.416 e. The van der Waals surface area contributed by atoms with Crippen LogP contribution in [0.5, 0.6) is 0 Å². The van der Waals surface area contributed by atoms with Crippen LogP contribution in [0.4, 0.5) is 23.7 Å². The Balaban J connectivity index is 1.93. The lowest BCUT2D eigenvalue weighted by atomic mass is 10.1. The van der Waals surface area contributed by atoms with Crippen LogP contribution in [-0.4, -0.2) is 11.1 Å². The summed E-state index contributed by atoms with van der Waals surface area (Å²) in [6.07, 6.45) is -3.06. The minimum absolute atomic E-state index is 0.114. The van der Waals surface area contributed by atoms with E-state index in [1.807, 2.05) is 0 Å². The average molecular weight is 384 g/mol. The number of carbonyl (C=O) groups excluding carboxylic acids is 2. The van der Waals surface area contributed by atoms with Crippen molar-refractivity contribution in [3.63, 3.8) is 0 Å². The van der Waals surface area contributed by atoms with Gasteiger partial charge in [0.25, 0.3) is 11.1 Å². The number of amides is 2. The van der Waals surface area contributed by atoms with Gasteiger partial charge in [-0.25, -0.2) is 4.90 Å². The van der Waals surface area contributed by atoms with Crippen molar-refractivity contribution in [2.45, 2.75) is 6.18 Å². The Hall–Kier alpha value is -2.25. The van der Waals surface area contributed by atoms with E-state index in [0.717, 1.165) is 23.1 Å². The topological polar surface area (TPSA) is 37.4 Å². The van der Waals surface area contributed by atoms with Gasteiger partial charge in [-0.3, -0.25) is 9.59 Å². The highest BCUT2D eigenvalue weighted by Crippen LogP contribution is 2.38. The molecule has 1 heterocycles. The molecule has 128 valence electrons. The number of carbonyl (C=O) groups is 2. The van der Waals surface area contributed by atoms with E-state index in [1.54, 1.807) is 24.3 Å². The van der Waals surface area contributed by atoms with E-state index < -0.39 is 22.9 Å². The van der Waals surface area contributed by atoms with Gasteiger partial charge in [0.2, 0.25) is 0 Å². The average Bonchev–Trinajstić information content (AvgIpc) is 2.83. The van der Waals surface area contributed by atoms with E-state index >= 15 is 0 Å². The predicted octanol–water partition coefficient (Wildman–Crippen LogP) is 5.60. The molecular formula is C17H9ClF3NO2S. The normalized spacial score (nSPS) is 16.8. The lowest BCUT2D eigenvalue weighted by Crippen LogP contribution is -2.28. The summed E-state index contributed by atoms with van der Waals surface area (Å²) >= 11 is 6.46. The fraction of sp³-hybridized carbons (Fsp3) is 0.0588. The SMILES string of the molecule is O=C1S/C(=C\c2ccc(Cl)cc2)C(=O)N1c1cccc(C(F)(F)F)c1. The number of alkyl halides is 3. The van der Waals surface area contributed by atoms with Crippen molar-refractivity contribution in [1.82, 2.24) is 0 Å². The molecule has 0 spiro atoms. The number of hydrogen-bond acceptors (Lipinski definition) is 3. The molecule has 0 radical (unpaired) electrons. The van der Waals surface area contributed by atoms with Crippen molar-refractivity contribution in [2.75, 3.05) is 4.90 Å². The maximum absolute atomic E-state index is 12.8. The third kappa shape index (κ3) is 3.72. The number of halogens is 4. The van der Waals surface area contributed by atoms with Gasteiger partial charge in [0, 0.05) is 5.02 Å². The van der Waals surface area contributed by atoms with E-state index in [0.29, 0.717) is 22.3 Å².